The lowest BCUT2D eigenvalue weighted by molar-refractivity contribution is -0.384. The number of hydrogen-bond donors (Lipinski definition) is 1. The molecule has 0 aliphatic carbocycles. The molecule has 0 spiro atoms. The highest BCUT2D eigenvalue weighted by atomic mass is 16.6. The van der Waals surface area contributed by atoms with Crippen molar-refractivity contribution in [3.63, 3.8) is 0 Å². The summed E-state index contributed by atoms with van der Waals surface area (Å²) in [7, 11) is 4.34. The minimum absolute atomic E-state index is 0.140. The Bertz CT molecular complexity index is 1540. The van der Waals surface area contributed by atoms with E-state index in [0.29, 0.717) is 17.1 Å². The van der Waals surface area contributed by atoms with Gasteiger partial charge in [-0.3, -0.25) is 14.9 Å². The zero-order chi connectivity index (χ0) is 27.0. The van der Waals surface area contributed by atoms with Crippen LogP contribution in [-0.4, -0.2) is 54.1 Å². The number of amides is 1. The van der Waals surface area contributed by atoms with Gasteiger partial charge < -0.3 is 24.1 Å². The minimum Gasteiger partial charge on any atom is -0.493 e. The summed E-state index contributed by atoms with van der Waals surface area (Å²) in [6.07, 6.45) is 0.231. The van der Waals surface area contributed by atoms with Crippen LogP contribution in [0.3, 0.4) is 0 Å². The van der Waals surface area contributed by atoms with E-state index in [-0.39, 0.29) is 17.7 Å². The van der Waals surface area contributed by atoms with Gasteiger partial charge >= 0.3 is 5.97 Å². The molecule has 0 fully saturated rings. The molecule has 2 unspecified atom stereocenters. The number of carbonyl (C=O) groups excluding carboxylic acids is 2. The van der Waals surface area contributed by atoms with Crippen LogP contribution in [-0.2, 0) is 16.0 Å². The molecule has 4 aromatic rings. The van der Waals surface area contributed by atoms with Crippen LogP contribution in [0, 0.1) is 10.1 Å². The maximum Gasteiger partial charge on any atom is 0.328 e. The van der Waals surface area contributed by atoms with E-state index in [1.807, 2.05) is 30.3 Å². The number of hydrogen-bond acceptors (Lipinski definition) is 7. The number of esters is 1. The molecule has 3 aromatic carbocycles. The third-order valence-corrected chi connectivity index (χ3v) is 6.89. The van der Waals surface area contributed by atoms with Crippen LogP contribution in [0.25, 0.3) is 10.9 Å². The molecule has 1 amide bonds. The molecule has 38 heavy (non-hydrogen) atoms. The predicted molar refractivity (Wildman–Crippen MR) is 138 cm³/mol. The summed E-state index contributed by atoms with van der Waals surface area (Å²) in [4.78, 5) is 42.8. The number of nitro groups is 1. The van der Waals surface area contributed by atoms with Crippen molar-refractivity contribution in [2.75, 3.05) is 21.3 Å². The largest absolute Gasteiger partial charge is 0.493 e. The summed E-state index contributed by atoms with van der Waals surface area (Å²) < 4.78 is 16.1. The fraction of sp³-hybridized carbons (Fsp3) is 0.214. The van der Waals surface area contributed by atoms with Gasteiger partial charge in [0.25, 0.3) is 11.6 Å². The van der Waals surface area contributed by atoms with Gasteiger partial charge in [0.2, 0.25) is 0 Å². The summed E-state index contributed by atoms with van der Waals surface area (Å²) in [6.45, 7) is 0. The number of benzene rings is 3. The fourth-order valence-corrected chi connectivity index (χ4v) is 5.10. The molecule has 10 heteroatoms. The maximum atomic E-state index is 14.1. The van der Waals surface area contributed by atoms with Crippen LogP contribution in [0.5, 0.6) is 11.5 Å². The average molecular weight is 516 g/mol. The highest BCUT2D eigenvalue weighted by Crippen LogP contribution is 2.43. The zero-order valence-electron chi connectivity index (χ0n) is 21.0. The smallest absolute Gasteiger partial charge is 0.328 e. The Morgan fingerprint density at radius 1 is 0.974 bits per heavy atom. The molecule has 1 aromatic heterocycles. The molecule has 10 nitrogen and oxygen atoms in total. The summed E-state index contributed by atoms with van der Waals surface area (Å²) in [5.41, 5.74) is 3.28. The van der Waals surface area contributed by atoms with E-state index in [1.165, 1.54) is 50.5 Å². The van der Waals surface area contributed by atoms with Gasteiger partial charge in [-0.05, 0) is 41.5 Å². The van der Waals surface area contributed by atoms with Crippen molar-refractivity contribution in [1.29, 1.82) is 0 Å². The first-order chi connectivity index (χ1) is 18.4. The first-order valence-electron chi connectivity index (χ1n) is 11.8. The van der Waals surface area contributed by atoms with Crippen LogP contribution in [0.15, 0.2) is 66.7 Å². The zero-order valence-corrected chi connectivity index (χ0v) is 21.0. The van der Waals surface area contributed by atoms with Gasteiger partial charge in [0.05, 0.1) is 32.3 Å². The second-order valence-corrected chi connectivity index (χ2v) is 8.84. The minimum atomic E-state index is -0.951. The predicted octanol–water partition coefficient (Wildman–Crippen LogP) is 4.42. The molecular weight excluding hydrogens is 490 g/mol. The molecular formula is C28H25N3O7. The molecule has 0 saturated heterocycles. The Balaban J connectivity index is 1.74. The number of aromatic nitrogens is 1. The third kappa shape index (κ3) is 4.09. The van der Waals surface area contributed by atoms with Crippen molar-refractivity contribution in [3.8, 4) is 11.5 Å². The highest BCUT2D eigenvalue weighted by molar-refractivity contribution is 5.99. The number of nitrogens with one attached hydrogen (secondary N) is 1. The van der Waals surface area contributed by atoms with Crippen LogP contribution in [0.2, 0.25) is 0 Å². The number of rotatable bonds is 6. The van der Waals surface area contributed by atoms with Crippen LogP contribution in [0.1, 0.15) is 33.2 Å². The Morgan fingerprint density at radius 2 is 1.68 bits per heavy atom. The van der Waals surface area contributed by atoms with Gasteiger partial charge in [0, 0.05) is 40.7 Å². The second-order valence-electron chi connectivity index (χ2n) is 8.84. The molecule has 1 N–H and O–H groups in total. The van der Waals surface area contributed by atoms with Gasteiger partial charge in [-0.15, -0.1) is 0 Å². The van der Waals surface area contributed by atoms with Gasteiger partial charge in [-0.25, -0.2) is 4.79 Å². The monoisotopic (exact) mass is 515 g/mol. The average Bonchev–Trinajstić information content (AvgIpc) is 3.33. The summed E-state index contributed by atoms with van der Waals surface area (Å²) in [5, 5.41) is 12.1. The number of ether oxygens (including phenoxy) is 3. The van der Waals surface area contributed by atoms with E-state index in [1.54, 1.807) is 12.1 Å². The van der Waals surface area contributed by atoms with Crippen molar-refractivity contribution < 1.29 is 28.7 Å². The molecule has 0 bridgehead atoms. The number of methoxy groups -OCH3 is 3. The Kier molecular flexibility index (Phi) is 6.46. The number of nitrogens with zero attached hydrogens (tertiary/aromatic N) is 2. The number of para-hydroxylation sites is 1. The Labute approximate surface area is 217 Å². The van der Waals surface area contributed by atoms with Crippen molar-refractivity contribution >= 4 is 28.5 Å². The Hall–Kier alpha value is -4.86. The molecule has 5 rings (SSSR count). The molecule has 2 atom stereocenters. The summed E-state index contributed by atoms with van der Waals surface area (Å²) >= 11 is 0. The van der Waals surface area contributed by atoms with Crippen molar-refractivity contribution in [2.24, 2.45) is 0 Å². The molecule has 2 heterocycles. The second kappa shape index (κ2) is 9.89. The lowest BCUT2D eigenvalue weighted by atomic mass is 9.87. The molecule has 1 aliphatic rings. The van der Waals surface area contributed by atoms with E-state index in [0.717, 1.165) is 22.2 Å². The van der Waals surface area contributed by atoms with Crippen LogP contribution < -0.4 is 9.47 Å². The number of carbonyl (C=O) groups is 2. The van der Waals surface area contributed by atoms with E-state index in [2.05, 4.69) is 4.98 Å². The molecule has 1 aliphatic heterocycles. The quantitative estimate of drug-likeness (QED) is 0.229. The van der Waals surface area contributed by atoms with Gasteiger partial charge in [-0.1, -0.05) is 24.3 Å². The lowest BCUT2D eigenvalue weighted by Crippen LogP contribution is -2.52. The van der Waals surface area contributed by atoms with Gasteiger partial charge in [-0.2, -0.15) is 0 Å². The Morgan fingerprint density at radius 3 is 2.34 bits per heavy atom. The lowest BCUT2D eigenvalue weighted by Gasteiger charge is -2.41. The van der Waals surface area contributed by atoms with E-state index in [9.17, 15) is 19.7 Å². The van der Waals surface area contributed by atoms with Crippen molar-refractivity contribution in [1.82, 2.24) is 9.88 Å². The first-order valence-corrected chi connectivity index (χ1v) is 11.8. The third-order valence-electron chi connectivity index (χ3n) is 6.89. The maximum absolute atomic E-state index is 14.1. The SMILES string of the molecule is COC(=O)C1Cc2c([nH]c3ccccc23)C(c2ccc(OC)c(OC)c2)N1C(=O)c1ccc([N+](=O)[O-])cc1. The molecule has 0 radical (unpaired) electrons. The number of H-pyrrole nitrogens is 1. The summed E-state index contributed by atoms with van der Waals surface area (Å²) in [5.74, 6) is -0.0617. The first kappa shape index (κ1) is 24.8. The number of non-ortho nitro benzene ring substituents is 1. The van der Waals surface area contributed by atoms with E-state index < -0.39 is 28.9 Å². The standard InChI is InChI=1S/C28H25N3O7/c1-36-23-13-10-17(14-24(23)37-2)26-25-20(19-6-4-5-7-21(19)29-25)15-22(28(33)38-3)30(26)27(32)16-8-11-18(12-9-16)31(34)35/h4-14,22,26,29H,15H2,1-3H3. The van der Waals surface area contributed by atoms with Crippen molar-refractivity contribution in [2.45, 2.75) is 18.5 Å². The normalized spacial score (nSPS) is 16.6. The molecule has 0 saturated carbocycles. The van der Waals surface area contributed by atoms with E-state index >= 15 is 0 Å². The van der Waals surface area contributed by atoms with Gasteiger partial charge in [0.1, 0.15) is 6.04 Å². The number of fused-ring (bicyclic) bond motifs is 3. The topological polar surface area (TPSA) is 124 Å². The fourth-order valence-electron chi connectivity index (χ4n) is 5.10. The van der Waals surface area contributed by atoms with Crippen LogP contribution in [0.4, 0.5) is 5.69 Å². The summed E-state index contributed by atoms with van der Waals surface area (Å²) in [6, 6.07) is 16.7. The highest BCUT2D eigenvalue weighted by Gasteiger charge is 2.44. The number of aromatic amines is 1. The van der Waals surface area contributed by atoms with E-state index in [4.69, 9.17) is 14.2 Å². The number of nitro benzene ring substituents is 1. The van der Waals surface area contributed by atoms with Gasteiger partial charge in [0.15, 0.2) is 11.5 Å². The van der Waals surface area contributed by atoms with Crippen molar-refractivity contribution in [3.05, 3.63) is 99.2 Å². The van der Waals surface area contributed by atoms with Crippen LogP contribution >= 0.6 is 0 Å². The molecule has 194 valence electrons.